The molecule has 0 amide bonds. The zero-order valence-electron chi connectivity index (χ0n) is 15.9. The molecule has 2 aromatic carbocycles. The molecule has 7 N–H and O–H groups in total. The van der Waals surface area contributed by atoms with Crippen molar-refractivity contribution in [3.8, 4) is 17.2 Å². The Hall–Kier alpha value is -2.69. The van der Waals surface area contributed by atoms with Gasteiger partial charge < -0.3 is 40.5 Å². The van der Waals surface area contributed by atoms with Gasteiger partial charge in [0.05, 0.1) is 12.2 Å². The van der Waals surface area contributed by atoms with Gasteiger partial charge in [0.1, 0.15) is 47.8 Å². The molecule has 30 heavy (non-hydrogen) atoms. The van der Waals surface area contributed by atoms with Crippen LogP contribution in [0.3, 0.4) is 0 Å². The lowest BCUT2D eigenvalue weighted by Crippen LogP contribution is -2.55. The van der Waals surface area contributed by atoms with E-state index in [9.17, 15) is 40.5 Å². The van der Waals surface area contributed by atoms with Gasteiger partial charge in [0.15, 0.2) is 5.78 Å². The summed E-state index contributed by atoms with van der Waals surface area (Å²) in [7, 11) is 0. The van der Waals surface area contributed by atoms with Crippen molar-refractivity contribution < 1.29 is 45.3 Å². The highest BCUT2D eigenvalue weighted by Gasteiger charge is 2.45. The first kappa shape index (κ1) is 22.0. The minimum atomic E-state index is -1.68. The second-order valence-corrected chi connectivity index (χ2v) is 7.27. The summed E-state index contributed by atoms with van der Waals surface area (Å²) in [5, 5.41) is 69.3. The first-order valence-electron chi connectivity index (χ1n) is 9.40. The lowest BCUT2D eigenvalue weighted by molar-refractivity contribution is -0.231. The quantitative estimate of drug-likeness (QED) is 0.321. The number of Topliss-reactive ketones (excluding diaryl/α,β-unsaturated/α-hetero) is 1. The van der Waals surface area contributed by atoms with Gasteiger partial charge in [-0.15, -0.1) is 0 Å². The van der Waals surface area contributed by atoms with Crippen molar-refractivity contribution in [3.05, 3.63) is 53.1 Å². The molecule has 0 spiro atoms. The zero-order chi connectivity index (χ0) is 22.0. The summed E-state index contributed by atoms with van der Waals surface area (Å²) in [5.74, 6) is -1.34. The van der Waals surface area contributed by atoms with E-state index < -0.39 is 54.4 Å². The van der Waals surface area contributed by atoms with E-state index in [4.69, 9.17) is 4.74 Å². The first-order valence-corrected chi connectivity index (χ1v) is 9.40. The number of aliphatic hydroxyl groups is 4. The fourth-order valence-corrected chi connectivity index (χ4v) is 3.57. The van der Waals surface area contributed by atoms with Gasteiger partial charge >= 0.3 is 0 Å². The second-order valence-electron chi connectivity index (χ2n) is 7.27. The van der Waals surface area contributed by atoms with Crippen molar-refractivity contribution in [1.29, 1.82) is 0 Å². The number of hydrogen-bond acceptors (Lipinski definition) is 9. The van der Waals surface area contributed by atoms with E-state index in [0.717, 1.165) is 17.7 Å². The average Bonchev–Trinajstić information content (AvgIpc) is 2.71. The lowest BCUT2D eigenvalue weighted by Gasteiger charge is -2.40. The van der Waals surface area contributed by atoms with E-state index in [1.54, 1.807) is 12.1 Å². The van der Waals surface area contributed by atoms with Gasteiger partial charge in [-0.3, -0.25) is 4.79 Å². The molecule has 2 aromatic rings. The summed E-state index contributed by atoms with van der Waals surface area (Å²) in [6.07, 6.45) is -7.26. The Morgan fingerprint density at radius 2 is 1.57 bits per heavy atom. The van der Waals surface area contributed by atoms with Gasteiger partial charge in [0.2, 0.25) is 0 Å². The topological polar surface area (TPSA) is 168 Å². The van der Waals surface area contributed by atoms with E-state index in [1.165, 1.54) is 12.1 Å². The van der Waals surface area contributed by atoms with Crippen LogP contribution in [0, 0.1) is 0 Å². The Kier molecular flexibility index (Phi) is 6.59. The van der Waals surface area contributed by atoms with E-state index in [0.29, 0.717) is 6.42 Å². The molecule has 1 fully saturated rings. The van der Waals surface area contributed by atoms with E-state index >= 15 is 0 Å². The van der Waals surface area contributed by atoms with Crippen molar-refractivity contribution in [2.75, 3.05) is 6.61 Å². The molecule has 1 aliphatic rings. The standard InChI is InChI=1S/C21H24O9/c22-9-16-18(27)19(28)20(29)21(30-16)13-7-12(24)8-15(26)17(13)14(25)6-3-10-1-4-11(23)5-2-10/h1-2,4-5,7-8,16,18-24,26-29H,3,6,9H2. The van der Waals surface area contributed by atoms with Crippen molar-refractivity contribution in [3.63, 3.8) is 0 Å². The molecule has 1 aliphatic heterocycles. The SMILES string of the molecule is O=C(CCc1ccc(O)cc1)c1c(O)cc(O)cc1C1OC(CO)C(O)C(O)C1O. The molecule has 5 atom stereocenters. The molecule has 5 unspecified atom stereocenters. The predicted octanol–water partition coefficient (Wildman–Crippen LogP) is 0.134. The number of aromatic hydroxyl groups is 3. The van der Waals surface area contributed by atoms with Crippen LogP contribution in [0.5, 0.6) is 17.2 Å². The van der Waals surface area contributed by atoms with Crippen LogP contribution < -0.4 is 0 Å². The number of ketones is 1. The number of carbonyl (C=O) groups is 1. The van der Waals surface area contributed by atoms with E-state index in [1.807, 2.05) is 0 Å². The van der Waals surface area contributed by atoms with Gasteiger partial charge in [-0.05, 0) is 30.2 Å². The maximum atomic E-state index is 12.9. The highest BCUT2D eigenvalue weighted by Crippen LogP contribution is 2.39. The molecule has 0 aromatic heterocycles. The van der Waals surface area contributed by atoms with Crippen LogP contribution >= 0.6 is 0 Å². The van der Waals surface area contributed by atoms with Gasteiger partial charge in [-0.2, -0.15) is 0 Å². The van der Waals surface area contributed by atoms with Gasteiger partial charge in [0.25, 0.3) is 0 Å². The van der Waals surface area contributed by atoms with Crippen molar-refractivity contribution >= 4 is 5.78 Å². The predicted molar refractivity (Wildman–Crippen MR) is 103 cm³/mol. The molecule has 0 saturated carbocycles. The monoisotopic (exact) mass is 420 g/mol. The third kappa shape index (κ3) is 4.40. The number of hydrogen-bond donors (Lipinski definition) is 7. The molecular formula is C21H24O9. The third-order valence-corrected chi connectivity index (χ3v) is 5.19. The number of rotatable bonds is 6. The second kappa shape index (κ2) is 8.99. The van der Waals surface area contributed by atoms with Crippen molar-refractivity contribution in [2.45, 2.75) is 43.4 Å². The van der Waals surface area contributed by atoms with Crippen molar-refractivity contribution in [1.82, 2.24) is 0 Å². The number of aliphatic hydroxyl groups excluding tert-OH is 4. The normalized spacial score (nSPS) is 26.5. The van der Waals surface area contributed by atoms with Crippen LogP contribution in [-0.4, -0.2) is 72.6 Å². The van der Waals surface area contributed by atoms with Crippen molar-refractivity contribution in [2.24, 2.45) is 0 Å². The van der Waals surface area contributed by atoms with Crippen LogP contribution in [0.15, 0.2) is 36.4 Å². The fourth-order valence-electron chi connectivity index (χ4n) is 3.57. The maximum Gasteiger partial charge on any atom is 0.167 e. The molecule has 1 heterocycles. The Bertz CT molecular complexity index is 894. The van der Waals surface area contributed by atoms with Gasteiger partial charge in [-0.25, -0.2) is 0 Å². The zero-order valence-corrected chi connectivity index (χ0v) is 15.9. The Morgan fingerprint density at radius 1 is 0.900 bits per heavy atom. The smallest absolute Gasteiger partial charge is 0.167 e. The molecule has 9 heteroatoms. The third-order valence-electron chi connectivity index (χ3n) is 5.19. The highest BCUT2D eigenvalue weighted by molar-refractivity contribution is 6.00. The number of carbonyl (C=O) groups excluding carboxylic acids is 1. The van der Waals surface area contributed by atoms with Gasteiger partial charge in [-0.1, -0.05) is 12.1 Å². The average molecular weight is 420 g/mol. The summed E-state index contributed by atoms with van der Waals surface area (Å²) in [6.45, 7) is -0.656. The Morgan fingerprint density at radius 3 is 2.20 bits per heavy atom. The summed E-state index contributed by atoms with van der Waals surface area (Å²) in [6, 6.07) is 8.37. The number of ether oxygens (including phenoxy) is 1. The number of aryl methyl sites for hydroxylation is 1. The van der Waals surface area contributed by atoms with Crippen LogP contribution in [0.4, 0.5) is 0 Å². The fraction of sp³-hybridized carbons (Fsp3) is 0.381. The first-order chi connectivity index (χ1) is 14.2. The highest BCUT2D eigenvalue weighted by atomic mass is 16.5. The molecule has 162 valence electrons. The number of phenolic OH excluding ortho intramolecular Hbond substituents is 3. The Labute approximate surface area is 172 Å². The van der Waals surface area contributed by atoms with Crippen LogP contribution in [0.25, 0.3) is 0 Å². The van der Waals surface area contributed by atoms with Gasteiger partial charge in [0, 0.05) is 18.1 Å². The van der Waals surface area contributed by atoms with Crippen LogP contribution in [0.2, 0.25) is 0 Å². The van der Waals surface area contributed by atoms with E-state index in [2.05, 4.69) is 0 Å². The van der Waals surface area contributed by atoms with E-state index in [-0.39, 0.29) is 23.3 Å². The maximum absolute atomic E-state index is 12.9. The number of phenols is 3. The molecule has 1 saturated heterocycles. The summed E-state index contributed by atoms with van der Waals surface area (Å²) in [4.78, 5) is 12.9. The minimum absolute atomic E-state index is 0.0342. The molecular weight excluding hydrogens is 396 g/mol. The molecule has 3 rings (SSSR count). The van der Waals surface area contributed by atoms with Crippen LogP contribution in [0.1, 0.15) is 34.0 Å². The summed E-state index contributed by atoms with van der Waals surface area (Å²) >= 11 is 0. The Balaban J connectivity index is 1.91. The molecule has 0 radical (unpaired) electrons. The largest absolute Gasteiger partial charge is 0.508 e. The molecule has 9 nitrogen and oxygen atoms in total. The minimum Gasteiger partial charge on any atom is -0.508 e. The molecule has 0 bridgehead atoms. The molecule has 0 aliphatic carbocycles. The van der Waals surface area contributed by atoms with Crippen LogP contribution in [-0.2, 0) is 11.2 Å². The summed E-state index contributed by atoms with van der Waals surface area (Å²) < 4.78 is 5.48. The lowest BCUT2D eigenvalue weighted by atomic mass is 9.87. The summed E-state index contributed by atoms with van der Waals surface area (Å²) in [5.41, 5.74) is 0.504. The number of benzene rings is 2.